The molecule has 0 spiro atoms. The minimum absolute atomic E-state index is 0.159. The van der Waals surface area contributed by atoms with Crippen LogP contribution in [0.1, 0.15) is 20.8 Å². The standard InChI is InChI=1S/C10H12OS3/c1-10(2,3)9-4-8-7(5-11)6-12-14(8)13-9/h4-6H,1-3H3. The maximum absolute atomic E-state index is 10.8. The third kappa shape index (κ3) is 1.75. The van der Waals surface area contributed by atoms with Crippen molar-refractivity contribution < 1.29 is 4.79 Å². The molecular weight excluding hydrogens is 232 g/mol. The van der Waals surface area contributed by atoms with Gasteiger partial charge in [0.2, 0.25) is 0 Å². The van der Waals surface area contributed by atoms with Crippen molar-refractivity contribution in [3.63, 3.8) is 0 Å². The fourth-order valence-corrected chi connectivity index (χ4v) is 7.89. The minimum Gasteiger partial charge on any atom is -0.298 e. The summed E-state index contributed by atoms with van der Waals surface area (Å²) in [6, 6.07) is 0. The molecule has 0 bridgehead atoms. The SMILES string of the molecule is CC(C)(C)C1=CC2=S(SC=C2C=O)S1. The third-order valence-electron chi connectivity index (χ3n) is 2.02. The Morgan fingerprint density at radius 3 is 2.71 bits per heavy atom. The highest BCUT2D eigenvalue weighted by Crippen LogP contribution is 2.60. The average Bonchev–Trinajstić information content (AvgIpc) is 2.58. The maximum atomic E-state index is 10.8. The molecule has 14 heavy (non-hydrogen) atoms. The molecule has 1 atom stereocenters. The predicted molar refractivity (Wildman–Crippen MR) is 69.5 cm³/mol. The summed E-state index contributed by atoms with van der Waals surface area (Å²) < 4.78 is 0. The zero-order valence-corrected chi connectivity index (χ0v) is 10.8. The Kier molecular flexibility index (Phi) is 2.70. The number of allylic oxidation sites excluding steroid dienone is 3. The summed E-state index contributed by atoms with van der Waals surface area (Å²) in [6.45, 7) is 6.65. The molecule has 0 saturated heterocycles. The first-order chi connectivity index (χ1) is 6.52. The number of rotatable bonds is 1. The first-order valence-corrected chi connectivity index (χ1v) is 8.32. The van der Waals surface area contributed by atoms with Gasteiger partial charge < -0.3 is 0 Å². The second-order valence-electron chi connectivity index (χ2n) is 4.23. The summed E-state index contributed by atoms with van der Waals surface area (Å²) in [4.78, 5) is 13.4. The van der Waals surface area contributed by atoms with Gasteiger partial charge in [0.25, 0.3) is 0 Å². The van der Waals surface area contributed by atoms with E-state index in [1.807, 2.05) is 16.2 Å². The summed E-state index contributed by atoms with van der Waals surface area (Å²) in [5, 5.41) is 1.98. The zero-order valence-electron chi connectivity index (χ0n) is 8.37. The van der Waals surface area contributed by atoms with Crippen molar-refractivity contribution in [2.45, 2.75) is 20.8 Å². The highest BCUT2D eigenvalue weighted by molar-refractivity contribution is 9.17. The Bertz CT molecular complexity index is 383. The summed E-state index contributed by atoms with van der Waals surface area (Å²) >= 11 is 0. The van der Waals surface area contributed by atoms with Crippen molar-refractivity contribution >= 4 is 41.3 Å². The Hall–Kier alpha value is 0.0700. The lowest BCUT2D eigenvalue weighted by Gasteiger charge is -2.19. The monoisotopic (exact) mass is 244 g/mol. The van der Waals surface area contributed by atoms with E-state index in [2.05, 4.69) is 26.8 Å². The topological polar surface area (TPSA) is 17.1 Å². The van der Waals surface area contributed by atoms with Crippen LogP contribution in [0.2, 0.25) is 0 Å². The zero-order chi connectivity index (χ0) is 10.3. The van der Waals surface area contributed by atoms with E-state index in [4.69, 9.17) is 0 Å². The van der Waals surface area contributed by atoms with E-state index >= 15 is 0 Å². The van der Waals surface area contributed by atoms with E-state index in [1.54, 1.807) is 10.8 Å². The van der Waals surface area contributed by atoms with Gasteiger partial charge in [0.05, 0.1) is 0 Å². The molecule has 1 unspecified atom stereocenters. The normalized spacial score (nSPS) is 25.9. The van der Waals surface area contributed by atoms with Crippen LogP contribution in [0.5, 0.6) is 0 Å². The number of hydrogen-bond donors (Lipinski definition) is 0. The van der Waals surface area contributed by atoms with E-state index in [0.29, 0.717) is 0 Å². The lowest BCUT2D eigenvalue weighted by molar-refractivity contribution is -0.104. The largest absolute Gasteiger partial charge is 0.298 e. The van der Waals surface area contributed by atoms with E-state index < -0.39 is 0 Å². The molecule has 0 saturated carbocycles. The fourth-order valence-electron chi connectivity index (χ4n) is 1.15. The maximum Gasteiger partial charge on any atom is 0.151 e. The summed E-state index contributed by atoms with van der Waals surface area (Å²) in [6.07, 6.45) is 3.17. The molecule has 0 aromatic carbocycles. The molecule has 4 heteroatoms. The van der Waals surface area contributed by atoms with Crippen LogP contribution in [0.4, 0.5) is 0 Å². The fraction of sp³-hybridized carbons (Fsp3) is 0.400. The Balaban J connectivity index is 2.29. The predicted octanol–water partition coefficient (Wildman–Crippen LogP) is 3.76. The number of carbonyl (C=O) groups is 1. The van der Waals surface area contributed by atoms with E-state index in [9.17, 15) is 4.79 Å². The molecule has 0 N–H and O–H groups in total. The second kappa shape index (κ2) is 3.58. The summed E-state index contributed by atoms with van der Waals surface area (Å²) in [5.74, 6) is 0. The van der Waals surface area contributed by atoms with Crippen molar-refractivity contribution in [1.29, 1.82) is 0 Å². The molecule has 0 aromatic rings. The van der Waals surface area contributed by atoms with Crippen LogP contribution < -0.4 is 0 Å². The highest BCUT2D eigenvalue weighted by Gasteiger charge is 2.29. The van der Waals surface area contributed by atoms with E-state index in [0.717, 1.165) is 11.9 Å². The van der Waals surface area contributed by atoms with Crippen molar-refractivity contribution in [3.8, 4) is 0 Å². The molecule has 0 fully saturated rings. The minimum atomic E-state index is 0.159. The average molecular weight is 244 g/mol. The van der Waals surface area contributed by atoms with Gasteiger partial charge in [-0.25, -0.2) is 0 Å². The molecule has 1 nitrogen and oxygen atoms in total. The van der Waals surface area contributed by atoms with Gasteiger partial charge in [-0.05, 0) is 16.9 Å². The Morgan fingerprint density at radius 2 is 2.14 bits per heavy atom. The Labute approximate surface area is 94.1 Å². The third-order valence-corrected chi connectivity index (χ3v) is 8.52. The van der Waals surface area contributed by atoms with Crippen molar-refractivity contribution in [2.24, 2.45) is 5.41 Å². The number of carbonyl (C=O) groups excluding carboxylic acids is 1. The van der Waals surface area contributed by atoms with Gasteiger partial charge in [0.1, 0.15) is 0 Å². The Morgan fingerprint density at radius 1 is 1.43 bits per heavy atom. The summed E-state index contributed by atoms with van der Waals surface area (Å²) in [7, 11) is 3.84. The molecule has 2 aliphatic heterocycles. The number of hydrogen-bond acceptors (Lipinski definition) is 3. The van der Waals surface area contributed by atoms with Crippen LogP contribution >= 0.6 is 30.1 Å². The van der Waals surface area contributed by atoms with Crippen LogP contribution in [0.3, 0.4) is 0 Å². The van der Waals surface area contributed by atoms with Crippen molar-refractivity contribution in [1.82, 2.24) is 0 Å². The molecule has 2 heterocycles. The van der Waals surface area contributed by atoms with Crippen LogP contribution in [-0.2, 0) is 4.79 Å². The molecule has 0 amide bonds. The van der Waals surface area contributed by atoms with Crippen molar-refractivity contribution in [2.75, 3.05) is 0 Å². The highest BCUT2D eigenvalue weighted by atomic mass is 33.5. The molecule has 0 aromatic heterocycles. The lowest BCUT2D eigenvalue weighted by Crippen LogP contribution is -2.06. The van der Waals surface area contributed by atoms with Gasteiger partial charge >= 0.3 is 0 Å². The summed E-state index contributed by atoms with van der Waals surface area (Å²) in [5.41, 5.74) is 1.09. The van der Waals surface area contributed by atoms with Gasteiger partial charge in [-0.3, -0.25) is 4.79 Å². The molecule has 2 aliphatic rings. The van der Waals surface area contributed by atoms with Gasteiger partial charge in [-0.15, -0.1) is 0 Å². The van der Waals surface area contributed by atoms with Gasteiger partial charge in [-0.2, -0.15) is 0 Å². The van der Waals surface area contributed by atoms with Crippen LogP contribution in [-0.4, -0.2) is 11.2 Å². The van der Waals surface area contributed by atoms with E-state index in [-0.39, 0.29) is 14.0 Å². The molecule has 2 rings (SSSR count). The van der Waals surface area contributed by atoms with Gasteiger partial charge in [0.15, 0.2) is 6.29 Å². The van der Waals surface area contributed by atoms with E-state index in [1.165, 1.54) is 9.77 Å². The number of aldehydes is 1. The van der Waals surface area contributed by atoms with Crippen LogP contribution in [0.15, 0.2) is 22.0 Å². The smallest absolute Gasteiger partial charge is 0.151 e. The quantitative estimate of drug-likeness (QED) is 0.397. The second-order valence-corrected chi connectivity index (χ2v) is 9.88. The first-order valence-electron chi connectivity index (χ1n) is 4.37. The van der Waals surface area contributed by atoms with Crippen molar-refractivity contribution in [3.05, 3.63) is 22.0 Å². The van der Waals surface area contributed by atoms with Gasteiger partial charge in [-0.1, -0.05) is 50.9 Å². The lowest BCUT2D eigenvalue weighted by atomic mass is 9.95. The van der Waals surface area contributed by atoms with Crippen LogP contribution in [0, 0.1) is 5.41 Å². The molecule has 0 aliphatic carbocycles. The van der Waals surface area contributed by atoms with Gasteiger partial charge in [0, 0.05) is 15.3 Å². The molecular formula is C10H12OS3. The van der Waals surface area contributed by atoms with Crippen LogP contribution in [0.25, 0.3) is 0 Å². The first kappa shape index (κ1) is 10.6. The molecule has 76 valence electrons. The molecule has 0 radical (unpaired) electrons.